The van der Waals surface area contributed by atoms with Gasteiger partial charge in [-0.25, -0.2) is 28.5 Å². The van der Waals surface area contributed by atoms with Gasteiger partial charge >= 0.3 is 7.82 Å². The summed E-state index contributed by atoms with van der Waals surface area (Å²) >= 11 is 0. The average molecular weight is 1080 g/mol. The lowest BCUT2D eigenvalue weighted by Gasteiger charge is -2.26. The standard InChI is InChI=1S/C51H72N11O13P/c1-3-4-5-6-7-8-9-10-11-12-13-14-15-16-17-18-26-69-27-35(73-49-38(68-2)20-19-25-56-49)28-70-76(67,71-29-39-43(63)45(65)50(31-52,74-39)41-23-21-36-47(54)57-33-59-61(36)41)72-30-40-44(64)46(66)51(32-53,75-40)42-24-22-37-48(55)58-34-60-62(37)42/h19-25,33-35,39-40,43-46,63-66H,3-18,26-30H2,1-2H3,(H2,54,57,59)(H2,55,58,60)/t35-,39-,40-,43-,44-,45-,46-,50+,51+/m1/s1. The molecule has 2 aliphatic rings. The fourth-order valence-corrected chi connectivity index (χ4v) is 10.8. The number of anilines is 2. The minimum Gasteiger partial charge on any atom is -0.491 e. The van der Waals surface area contributed by atoms with Crippen molar-refractivity contribution in [3.63, 3.8) is 0 Å². The number of pyridine rings is 1. The Morgan fingerprint density at radius 3 is 1.62 bits per heavy atom. The number of hydrogen-bond donors (Lipinski definition) is 6. The van der Waals surface area contributed by atoms with Crippen LogP contribution in [-0.4, -0.2) is 137 Å². The highest BCUT2D eigenvalue weighted by atomic mass is 31.2. The van der Waals surface area contributed by atoms with Crippen LogP contribution < -0.4 is 20.9 Å². The Hall–Kier alpha value is -5.60. The van der Waals surface area contributed by atoms with Crippen LogP contribution in [0.25, 0.3) is 11.0 Å². The zero-order valence-corrected chi connectivity index (χ0v) is 44.1. The van der Waals surface area contributed by atoms with Gasteiger partial charge in [0.1, 0.15) is 78.6 Å². The second-order valence-electron chi connectivity index (χ2n) is 19.2. The van der Waals surface area contributed by atoms with Crippen molar-refractivity contribution in [1.29, 1.82) is 10.5 Å². The first-order valence-electron chi connectivity index (χ1n) is 26.2. The van der Waals surface area contributed by atoms with Crippen LogP contribution in [0.4, 0.5) is 11.6 Å². The number of methoxy groups -OCH3 is 1. The zero-order valence-electron chi connectivity index (χ0n) is 43.2. The third kappa shape index (κ3) is 13.6. The van der Waals surface area contributed by atoms with Gasteiger partial charge in [0.25, 0.3) is 5.88 Å². The number of aromatic nitrogens is 7. The minimum atomic E-state index is -4.97. The Labute approximate surface area is 441 Å². The molecule has 8 N–H and O–H groups in total. The number of hydrogen-bond acceptors (Lipinski definition) is 22. The molecule has 5 aromatic rings. The largest absolute Gasteiger partial charge is 0.491 e. The van der Waals surface area contributed by atoms with Gasteiger partial charge in [0.05, 0.1) is 44.9 Å². The molecule has 0 aliphatic carbocycles. The van der Waals surface area contributed by atoms with E-state index in [1.807, 2.05) is 12.1 Å². The monoisotopic (exact) mass is 1080 g/mol. The molecule has 24 nitrogen and oxygen atoms in total. The predicted octanol–water partition coefficient (Wildman–Crippen LogP) is 5.60. The molecule has 0 amide bonds. The van der Waals surface area contributed by atoms with Crippen LogP contribution in [-0.2, 0) is 43.5 Å². The summed E-state index contributed by atoms with van der Waals surface area (Å²) in [5.74, 6) is 0.506. The SMILES string of the molecule is CCCCCCCCCCCCCCCCCCOC[C@H](COP(=O)(OC[C@H]1O[C@@](C#N)(c2ccc3c(N)ncnn23)[C@H](O)[C@@H]1O)OC[C@H]1O[C@@](C#N)(c2ccc3c(N)ncnn23)[C@H](O)[C@@H]1O)Oc1ncccc1OC. The normalized spacial score (nSPS) is 24.0. The maximum Gasteiger partial charge on any atom is 0.475 e. The van der Waals surface area contributed by atoms with Gasteiger partial charge in [0.15, 0.2) is 17.4 Å². The van der Waals surface area contributed by atoms with E-state index < -0.39 is 81.6 Å². The fraction of sp³-hybridized carbons (Fsp3) is 0.627. The predicted molar refractivity (Wildman–Crippen MR) is 274 cm³/mol. The van der Waals surface area contributed by atoms with E-state index in [2.05, 4.69) is 32.1 Å². The second kappa shape index (κ2) is 27.6. The molecule has 0 radical (unpaired) electrons. The van der Waals surface area contributed by atoms with Crippen molar-refractivity contribution in [2.75, 3.05) is 51.6 Å². The molecular weight excluding hydrogens is 1010 g/mol. The van der Waals surface area contributed by atoms with Crippen molar-refractivity contribution in [3.05, 3.63) is 66.6 Å². The average Bonchev–Trinajstić information content (AvgIpc) is 4.23. The van der Waals surface area contributed by atoms with Crippen LogP contribution in [0, 0.1) is 22.7 Å². The van der Waals surface area contributed by atoms with Crippen molar-refractivity contribution in [2.45, 2.75) is 164 Å². The molecule has 2 saturated heterocycles. The van der Waals surface area contributed by atoms with E-state index in [0.717, 1.165) is 38.3 Å². The summed E-state index contributed by atoms with van der Waals surface area (Å²) in [5, 5.41) is 74.9. The smallest absolute Gasteiger partial charge is 0.475 e. The van der Waals surface area contributed by atoms with E-state index >= 15 is 0 Å². The Morgan fingerprint density at radius 1 is 0.684 bits per heavy atom. The number of aliphatic hydroxyl groups is 4. The van der Waals surface area contributed by atoms with E-state index in [1.165, 1.54) is 124 Å². The van der Waals surface area contributed by atoms with Crippen LogP contribution in [0.1, 0.15) is 121 Å². The van der Waals surface area contributed by atoms with Crippen molar-refractivity contribution in [2.24, 2.45) is 0 Å². The molecule has 25 heteroatoms. The van der Waals surface area contributed by atoms with Crippen molar-refractivity contribution in [3.8, 4) is 23.8 Å². The molecule has 0 spiro atoms. The molecule has 2 fully saturated rings. The topological polar surface area (TPSA) is 345 Å². The van der Waals surface area contributed by atoms with Gasteiger partial charge in [0, 0.05) is 12.8 Å². The number of unbranched alkanes of at least 4 members (excludes halogenated alkanes) is 15. The maximum atomic E-state index is 15.0. The third-order valence-corrected chi connectivity index (χ3v) is 15.3. The molecule has 7 heterocycles. The van der Waals surface area contributed by atoms with Crippen molar-refractivity contribution >= 4 is 30.5 Å². The lowest BCUT2D eigenvalue weighted by atomic mass is 9.92. The first kappa shape index (κ1) is 58.1. The van der Waals surface area contributed by atoms with Gasteiger partial charge in [-0.3, -0.25) is 13.6 Å². The Bertz CT molecular complexity index is 2630. The van der Waals surface area contributed by atoms with Gasteiger partial charge in [-0.05, 0) is 42.8 Å². The van der Waals surface area contributed by atoms with Gasteiger partial charge in [-0.15, -0.1) is 0 Å². The summed E-state index contributed by atoms with van der Waals surface area (Å²) in [6.45, 7) is 0.377. The van der Waals surface area contributed by atoms with Crippen LogP contribution >= 0.6 is 7.82 Å². The minimum absolute atomic E-state index is 0.00479. The van der Waals surface area contributed by atoms with Gasteiger partial charge in [-0.1, -0.05) is 103 Å². The first-order chi connectivity index (χ1) is 36.8. The highest BCUT2D eigenvalue weighted by Crippen LogP contribution is 2.52. The summed E-state index contributed by atoms with van der Waals surface area (Å²) in [7, 11) is -3.53. The van der Waals surface area contributed by atoms with E-state index in [9.17, 15) is 35.5 Å². The zero-order chi connectivity index (χ0) is 54.1. The summed E-state index contributed by atoms with van der Waals surface area (Å²) in [5.41, 5.74) is 8.16. The lowest BCUT2D eigenvalue weighted by Crippen LogP contribution is -2.41. The van der Waals surface area contributed by atoms with Crippen LogP contribution in [0.15, 0.2) is 55.2 Å². The number of aliphatic hydroxyl groups excluding tert-OH is 4. The van der Waals surface area contributed by atoms with E-state index in [-0.39, 0.29) is 41.3 Å². The van der Waals surface area contributed by atoms with Crippen LogP contribution in [0.2, 0.25) is 0 Å². The number of phosphoric acid groups is 1. The molecule has 0 saturated carbocycles. The molecule has 2 aliphatic heterocycles. The number of fused-ring (bicyclic) bond motifs is 2. The lowest BCUT2D eigenvalue weighted by molar-refractivity contribution is -0.0757. The molecule has 0 aromatic carbocycles. The maximum absolute atomic E-state index is 15.0. The first-order valence-corrected chi connectivity index (χ1v) is 27.7. The molecule has 0 unspecified atom stereocenters. The number of nitrogens with zero attached hydrogens (tertiary/aromatic N) is 9. The number of phosphoric ester groups is 1. The van der Waals surface area contributed by atoms with E-state index in [0.29, 0.717) is 17.6 Å². The molecule has 9 atom stereocenters. The molecule has 76 heavy (non-hydrogen) atoms. The number of rotatable bonds is 33. The summed E-state index contributed by atoms with van der Waals surface area (Å²) < 4.78 is 64.9. The van der Waals surface area contributed by atoms with Crippen molar-refractivity contribution < 1.29 is 62.2 Å². The Kier molecular flexibility index (Phi) is 21.1. The number of nitriles is 2. The summed E-state index contributed by atoms with van der Waals surface area (Å²) in [6.07, 6.45) is 11.9. The van der Waals surface area contributed by atoms with Gasteiger partial charge in [0.2, 0.25) is 11.2 Å². The molecule has 5 aromatic heterocycles. The molecule has 414 valence electrons. The highest BCUT2D eigenvalue weighted by molar-refractivity contribution is 7.48. The van der Waals surface area contributed by atoms with Crippen LogP contribution in [0.5, 0.6) is 11.6 Å². The molecular formula is C51H72N11O13P. The van der Waals surface area contributed by atoms with E-state index in [1.54, 1.807) is 12.1 Å². The second-order valence-corrected chi connectivity index (χ2v) is 20.8. The van der Waals surface area contributed by atoms with Gasteiger partial charge < -0.3 is 55.6 Å². The Balaban J connectivity index is 1.01. The Morgan fingerprint density at radius 2 is 1.16 bits per heavy atom. The number of ether oxygens (including phenoxy) is 5. The van der Waals surface area contributed by atoms with Crippen LogP contribution in [0.3, 0.4) is 0 Å². The number of nitrogen functional groups attached to an aromatic ring is 2. The van der Waals surface area contributed by atoms with Crippen molar-refractivity contribution in [1.82, 2.24) is 34.2 Å². The third-order valence-electron chi connectivity index (χ3n) is 13.9. The summed E-state index contributed by atoms with van der Waals surface area (Å²) in [4.78, 5) is 12.2. The van der Waals surface area contributed by atoms with E-state index in [4.69, 9.17) is 48.7 Å². The highest BCUT2D eigenvalue weighted by Gasteiger charge is 2.59. The quantitative estimate of drug-likeness (QED) is 0.0220. The molecule has 7 rings (SSSR count). The fourth-order valence-electron chi connectivity index (χ4n) is 9.58. The molecule has 0 bridgehead atoms. The number of nitrogens with two attached hydrogens (primary N) is 2. The summed E-state index contributed by atoms with van der Waals surface area (Å²) in [6, 6.07) is 13.0. The van der Waals surface area contributed by atoms with Gasteiger partial charge in [-0.2, -0.15) is 20.7 Å².